The van der Waals surface area contributed by atoms with Crippen LogP contribution < -0.4 is 10.6 Å². The van der Waals surface area contributed by atoms with Gasteiger partial charge < -0.3 is 20.4 Å². The van der Waals surface area contributed by atoms with Gasteiger partial charge in [-0.3, -0.25) is 19.3 Å². The summed E-state index contributed by atoms with van der Waals surface area (Å²) in [6.45, 7) is 2.51. The van der Waals surface area contributed by atoms with E-state index in [4.69, 9.17) is 0 Å². The molecule has 2 aromatic heterocycles. The van der Waals surface area contributed by atoms with E-state index >= 15 is 0 Å². The van der Waals surface area contributed by atoms with E-state index in [0.717, 1.165) is 16.7 Å². The molecule has 11 nitrogen and oxygen atoms in total. The number of halogens is 3. The van der Waals surface area contributed by atoms with Crippen LogP contribution in [0.25, 0.3) is 11.2 Å². The van der Waals surface area contributed by atoms with Crippen molar-refractivity contribution < 1.29 is 27.6 Å². The van der Waals surface area contributed by atoms with Crippen molar-refractivity contribution in [3.8, 4) is 0 Å². The maximum absolute atomic E-state index is 13.5. The fourth-order valence-electron chi connectivity index (χ4n) is 6.19. The Morgan fingerprint density at radius 1 is 0.939 bits per heavy atom. The molecule has 0 spiro atoms. The Bertz CT molecular complexity index is 1840. The Morgan fingerprint density at radius 2 is 1.71 bits per heavy atom. The van der Waals surface area contributed by atoms with Crippen LogP contribution in [-0.2, 0) is 16.1 Å². The van der Waals surface area contributed by atoms with Crippen LogP contribution in [0.5, 0.6) is 0 Å². The molecule has 6 rings (SSSR count). The summed E-state index contributed by atoms with van der Waals surface area (Å²) in [7, 11) is 1.60. The lowest BCUT2D eigenvalue weighted by molar-refractivity contribution is -0.148. The van der Waals surface area contributed by atoms with Crippen LogP contribution in [0.3, 0.4) is 0 Å². The molecule has 0 bridgehead atoms. The smallest absolute Gasteiger partial charge is 0.358 e. The summed E-state index contributed by atoms with van der Waals surface area (Å²) in [6.07, 6.45) is -1.95. The molecule has 1 unspecified atom stereocenters. The number of alkyl halides is 3. The number of carbonyl (C=O) groups excluding carboxylic acids is 3. The van der Waals surface area contributed by atoms with Crippen molar-refractivity contribution in [3.63, 3.8) is 0 Å². The number of piperazine rings is 1. The van der Waals surface area contributed by atoms with Gasteiger partial charge in [-0.25, -0.2) is 4.52 Å². The molecule has 1 fully saturated rings. The molecule has 2 aliphatic heterocycles. The molecular formula is C35H37F3N8O3. The standard InChI is InChI=1S/C35H37F3N8O3/c1-39-32(48)29-23-45(21-20-44(29)22-24-6-3-2-4-7-24)33(49)26-9-11-27(12-10-26)40-34-41-31-28(8-5-17-46(31)42-34)25-14-18-43(19-15-25)30(47)13-16-35(36,37)38/h2-12,14,17,29H,13,15-16,18-23H2,1H3,(H,39,48)(H,40,42). The van der Waals surface area contributed by atoms with Gasteiger partial charge in [-0.2, -0.15) is 18.2 Å². The Labute approximate surface area is 281 Å². The lowest BCUT2D eigenvalue weighted by Gasteiger charge is -2.40. The van der Waals surface area contributed by atoms with Crippen LogP contribution >= 0.6 is 0 Å². The van der Waals surface area contributed by atoms with E-state index < -0.39 is 31.0 Å². The van der Waals surface area contributed by atoms with Gasteiger partial charge in [0.2, 0.25) is 17.8 Å². The first kappa shape index (κ1) is 33.7. The van der Waals surface area contributed by atoms with E-state index in [-0.39, 0.29) is 24.9 Å². The predicted molar refractivity (Wildman–Crippen MR) is 178 cm³/mol. The number of carbonyl (C=O) groups is 3. The quantitative estimate of drug-likeness (QED) is 0.269. The molecule has 2 aliphatic rings. The Hall–Kier alpha value is -5.24. The molecule has 0 radical (unpaired) electrons. The van der Waals surface area contributed by atoms with Gasteiger partial charge in [0.15, 0.2) is 5.65 Å². The number of aromatic nitrogens is 3. The first-order chi connectivity index (χ1) is 23.6. The number of amides is 3. The number of nitrogens with zero attached hydrogens (tertiary/aromatic N) is 6. The second-order valence-corrected chi connectivity index (χ2v) is 12.1. The van der Waals surface area contributed by atoms with Crippen molar-refractivity contribution in [2.75, 3.05) is 45.1 Å². The van der Waals surface area contributed by atoms with Crippen molar-refractivity contribution in [2.45, 2.75) is 38.0 Å². The number of anilines is 2. The number of benzene rings is 2. The van der Waals surface area contributed by atoms with Gasteiger partial charge in [0.25, 0.3) is 5.91 Å². The second kappa shape index (κ2) is 14.5. The molecular weight excluding hydrogens is 637 g/mol. The molecule has 4 heterocycles. The molecule has 3 amide bonds. The number of hydrogen-bond donors (Lipinski definition) is 2. The fraction of sp³-hybridized carbons (Fsp3) is 0.343. The third-order valence-electron chi connectivity index (χ3n) is 8.84. The molecule has 14 heteroatoms. The van der Waals surface area contributed by atoms with Gasteiger partial charge >= 0.3 is 6.18 Å². The molecule has 1 atom stereocenters. The summed E-state index contributed by atoms with van der Waals surface area (Å²) < 4.78 is 39.3. The zero-order valence-corrected chi connectivity index (χ0v) is 27.0. The van der Waals surface area contributed by atoms with Gasteiger partial charge in [0.1, 0.15) is 6.04 Å². The maximum Gasteiger partial charge on any atom is 0.389 e. The summed E-state index contributed by atoms with van der Waals surface area (Å²) >= 11 is 0. The number of likely N-dealkylation sites (N-methyl/N-ethyl adjacent to an activating group) is 1. The molecule has 256 valence electrons. The van der Waals surface area contributed by atoms with Crippen LogP contribution in [0, 0.1) is 0 Å². The number of fused-ring (bicyclic) bond motifs is 1. The predicted octanol–water partition coefficient (Wildman–Crippen LogP) is 4.50. The lowest BCUT2D eigenvalue weighted by Crippen LogP contribution is -2.59. The number of hydrogen-bond acceptors (Lipinski definition) is 7. The Balaban J connectivity index is 1.09. The van der Waals surface area contributed by atoms with Gasteiger partial charge in [-0.05, 0) is 54.0 Å². The van der Waals surface area contributed by atoms with E-state index in [1.54, 1.807) is 46.9 Å². The fourth-order valence-corrected chi connectivity index (χ4v) is 6.19. The van der Waals surface area contributed by atoms with Crippen LogP contribution in [0.4, 0.5) is 24.8 Å². The highest BCUT2D eigenvalue weighted by molar-refractivity contribution is 5.95. The summed E-state index contributed by atoms with van der Waals surface area (Å²) in [5.41, 5.74) is 4.63. The van der Waals surface area contributed by atoms with Gasteiger partial charge in [-0.15, -0.1) is 5.10 Å². The van der Waals surface area contributed by atoms with E-state index in [9.17, 15) is 27.6 Å². The largest absolute Gasteiger partial charge is 0.389 e. The highest BCUT2D eigenvalue weighted by atomic mass is 19.4. The minimum absolute atomic E-state index is 0.132. The SMILES string of the molecule is CNC(=O)C1CN(C(=O)c2ccc(Nc3nc4c(C5=CCN(C(=O)CCC(F)(F)F)CC5)cccn4n3)cc2)CCN1Cc1ccccc1. The average molecular weight is 675 g/mol. The summed E-state index contributed by atoms with van der Waals surface area (Å²) in [5, 5.41) is 10.5. The first-order valence-electron chi connectivity index (χ1n) is 16.1. The van der Waals surface area contributed by atoms with Crippen LogP contribution in [0.2, 0.25) is 0 Å². The van der Waals surface area contributed by atoms with E-state index in [0.29, 0.717) is 55.4 Å². The molecule has 0 saturated carbocycles. The highest BCUT2D eigenvalue weighted by Crippen LogP contribution is 2.28. The van der Waals surface area contributed by atoms with Crippen molar-refractivity contribution in [2.24, 2.45) is 0 Å². The topological polar surface area (TPSA) is 115 Å². The van der Waals surface area contributed by atoms with E-state index in [1.165, 1.54) is 4.90 Å². The molecule has 0 aliphatic carbocycles. The van der Waals surface area contributed by atoms with E-state index in [1.807, 2.05) is 48.5 Å². The van der Waals surface area contributed by atoms with Gasteiger partial charge in [0, 0.05) is 75.7 Å². The Morgan fingerprint density at radius 3 is 2.41 bits per heavy atom. The van der Waals surface area contributed by atoms with Crippen LogP contribution in [0.1, 0.15) is 40.7 Å². The molecule has 4 aromatic rings. The van der Waals surface area contributed by atoms with Crippen LogP contribution in [0.15, 0.2) is 79.0 Å². The number of pyridine rings is 1. The molecule has 1 saturated heterocycles. The van der Waals surface area contributed by atoms with Crippen molar-refractivity contribution in [1.29, 1.82) is 0 Å². The normalized spacial score (nSPS) is 17.1. The molecule has 2 aromatic carbocycles. The minimum Gasteiger partial charge on any atom is -0.358 e. The number of rotatable bonds is 9. The van der Waals surface area contributed by atoms with Crippen molar-refractivity contribution in [3.05, 3.63) is 95.7 Å². The summed E-state index contributed by atoms with van der Waals surface area (Å²) in [5.74, 6) is -0.457. The number of nitrogens with one attached hydrogen (secondary N) is 2. The zero-order chi connectivity index (χ0) is 34.5. The van der Waals surface area contributed by atoms with E-state index in [2.05, 4.69) is 25.6 Å². The average Bonchev–Trinajstić information content (AvgIpc) is 3.53. The maximum atomic E-state index is 13.5. The molecule has 2 N–H and O–H groups in total. The third kappa shape index (κ3) is 8.08. The zero-order valence-electron chi connectivity index (χ0n) is 27.0. The lowest BCUT2D eigenvalue weighted by atomic mass is 10.00. The second-order valence-electron chi connectivity index (χ2n) is 12.1. The molecule has 49 heavy (non-hydrogen) atoms. The summed E-state index contributed by atoms with van der Waals surface area (Å²) in [4.78, 5) is 48.5. The van der Waals surface area contributed by atoms with Crippen molar-refractivity contribution >= 4 is 40.6 Å². The highest BCUT2D eigenvalue weighted by Gasteiger charge is 2.34. The minimum atomic E-state index is -4.36. The van der Waals surface area contributed by atoms with Crippen molar-refractivity contribution in [1.82, 2.24) is 34.6 Å². The monoisotopic (exact) mass is 674 g/mol. The van der Waals surface area contributed by atoms with Crippen LogP contribution in [-0.4, -0.2) is 99.0 Å². The summed E-state index contributed by atoms with van der Waals surface area (Å²) in [6, 6.07) is 20.2. The van der Waals surface area contributed by atoms with Gasteiger partial charge in [-0.1, -0.05) is 36.4 Å². The van der Waals surface area contributed by atoms with Gasteiger partial charge in [0.05, 0.1) is 6.42 Å². The Kier molecular flexibility index (Phi) is 9.95. The first-order valence-corrected chi connectivity index (χ1v) is 16.1. The third-order valence-corrected chi connectivity index (χ3v) is 8.84.